The number of fused-ring (bicyclic) bond motifs is 1. The van der Waals surface area contributed by atoms with Gasteiger partial charge in [0.25, 0.3) is 5.91 Å². The molecule has 0 aliphatic rings. The smallest absolute Gasteiger partial charge is 0.275 e. The highest BCUT2D eigenvalue weighted by molar-refractivity contribution is 6.31. The second-order valence-electron chi connectivity index (χ2n) is 3.82. The van der Waals surface area contributed by atoms with Gasteiger partial charge in [-0.05, 0) is 25.1 Å². The van der Waals surface area contributed by atoms with Crippen molar-refractivity contribution < 1.29 is 4.79 Å². The molecule has 1 aromatic carbocycles. The molecule has 0 bridgehead atoms. The number of carbonyl (C=O) groups is 1. The molecule has 1 N–H and O–H groups in total. The first-order chi connectivity index (χ1) is 8.54. The van der Waals surface area contributed by atoms with Crippen LogP contribution in [0.2, 0.25) is 5.02 Å². The quantitative estimate of drug-likeness (QED) is 0.891. The summed E-state index contributed by atoms with van der Waals surface area (Å²) in [5, 5.41) is 7.40. The predicted molar refractivity (Wildman–Crippen MR) is 70.0 cm³/mol. The molecule has 6 heteroatoms. The second-order valence-corrected chi connectivity index (χ2v) is 4.26. The van der Waals surface area contributed by atoms with E-state index < -0.39 is 11.3 Å². The summed E-state index contributed by atoms with van der Waals surface area (Å²) in [5.74, 6) is -0.472. The Morgan fingerprint density at radius 3 is 2.89 bits per heavy atom. The molecule has 5 nitrogen and oxygen atoms in total. The monoisotopic (exact) mass is 265 g/mol. The topological polar surface area (TPSA) is 64.0 Å². The van der Waals surface area contributed by atoms with Gasteiger partial charge in [-0.25, -0.2) is 0 Å². The third kappa shape index (κ3) is 2.09. The Hall–Kier alpha value is -1.88. The highest BCUT2D eigenvalue weighted by Gasteiger charge is 2.15. The van der Waals surface area contributed by atoms with E-state index in [1.807, 2.05) is 0 Å². The average molecular weight is 266 g/mol. The maximum absolute atomic E-state index is 12.2. The molecule has 0 unspecified atom stereocenters. The maximum atomic E-state index is 12.2. The molecular formula is C12H12ClN3O2. The zero-order valence-corrected chi connectivity index (χ0v) is 10.8. The lowest BCUT2D eigenvalue weighted by Crippen LogP contribution is -2.31. The van der Waals surface area contributed by atoms with Crippen LogP contribution in [-0.2, 0) is 7.05 Å². The lowest BCUT2D eigenvalue weighted by Gasteiger charge is -2.07. The minimum atomic E-state index is -0.472. The van der Waals surface area contributed by atoms with Crippen LogP contribution in [0.1, 0.15) is 17.4 Å². The Kier molecular flexibility index (Phi) is 3.34. The molecule has 1 heterocycles. The second kappa shape index (κ2) is 4.78. The number of benzene rings is 1. The number of carbonyl (C=O) groups excluding carboxylic acids is 1. The summed E-state index contributed by atoms with van der Waals surface area (Å²) in [7, 11) is 1.68. The van der Waals surface area contributed by atoms with Crippen molar-refractivity contribution in [2.45, 2.75) is 6.92 Å². The van der Waals surface area contributed by atoms with E-state index in [0.29, 0.717) is 22.5 Å². The van der Waals surface area contributed by atoms with Crippen molar-refractivity contribution in [3.05, 3.63) is 39.1 Å². The maximum Gasteiger partial charge on any atom is 0.275 e. The first kappa shape index (κ1) is 12.6. The van der Waals surface area contributed by atoms with Crippen LogP contribution < -0.4 is 10.7 Å². The number of halogens is 1. The SMILES string of the molecule is CCNC(=O)c1nn(C)c2ccc(Cl)cc2c1=O. The molecule has 0 saturated carbocycles. The summed E-state index contributed by atoms with van der Waals surface area (Å²) >= 11 is 5.87. The number of rotatable bonds is 2. The van der Waals surface area contributed by atoms with Gasteiger partial charge in [-0.2, -0.15) is 5.10 Å². The van der Waals surface area contributed by atoms with E-state index >= 15 is 0 Å². The van der Waals surface area contributed by atoms with Crippen LogP contribution in [0.15, 0.2) is 23.0 Å². The van der Waals surface area contributed by atoms with Crippen LogP contribution in [0.5, 0.6) is 0 Å². The summed E-state index contributed by atoms with van der Waals surface area (Å²) in [5.41, 5.74) is 0.114. The molecule has 0 aliphatic carbocycles. The van der Waals surface area contributed by atoms with Crippen LogP contribution in [0, 0.1) is 0 Å². The van der Waals surface area contributed by atoms with E-state index in [1.54, 1.807) is 32.2 Å². The minimum Gasteiger partial charge on any atom is -0.351 e. The summed E-state index contributed by atoms with van der Waals surface area (Å²) in [6, 6.07) is 4.92. The molecule has 0 saturated heterocycles. The van der Waals surface area contributed by atoms with Crippen LogP contribution in [0.25, 0.3) is 10.9 Å². The van der Waals surface area contributed by atoms with Crippen LogP contribution in [0.3, 0.4) is 0 Å². The van der Waals surface area contributed by atoms with Crippen molar-refractivity contribution in [2.24, 2.45) is 7.05 Å². The number of nitrogens with zero attached hydrogens (tertiary/aromatic N) is 2. The Labute approximate surface area is 108 Å². The van der Waals surface area contributed by atoms with Crippen LogP contribution in [-0.4, -0.2) is 22.2 Å². The van der Waals surface area contributed by atoms with E-state index in [2.05, 4.69) is 10.4 Å². The van der Waals surface area contributed by atoms with E-state index in [4.69, 9.17) is 11.6 Å². The van der Waals surface area contributed by atoms with Gasteiger partial charge in [0.2, 0.25) is 5.43 Å². The number of nitrogens with one attached hydrogen (secondary N) is 1. The molecular weight excluding hydrogens is 254 g/mol. The summed E-state index contributed by atoms with van der Waals surface area (Å²) in [4.78, 5) is 23.9. The molecule has 0 atom stereocenters. The zero-order valence-electron chi connectivity index (χ0n) is 10.0. The van der Waals surface area contributed by atoms with Crippen LogP contribution in [0.4, 0.5) is 0 Å². The predicted octanol–water partition coefficient (Wildman–Crippen LogP) is 1.34. The Morgan fingerprint density at radius 2 is 2.22 bits per heavy atom. The first-order valence-electron chi connectivity index (χ1n) is 5.49. The van der Waals surface area contributed by atoms with Gasteiger partial charge >= 0.3 is 0 Å². The molecule has 0 aliphatic heterocycles. The Balaban J connectivity index is 2.75. The highest BCUT2D eigenvalue weighted by Crippen LogP contribution is 2.15. The zero-order chi connectivity index (χ0) is 13.3. The molecule has 2 aromatic rings. The third-order valence-electron chi connectivity index (χ3n) is 2.57. The molecule has 0 radical (unpaired) electrons. The highest BCUT2D eigenvalue weighted by atomic mass is 35.5. The van der Waals surface area contributed by atoms with Crippen LogP contribution >= 0.6 is 11.6 Å². The molecule has 2 rings (SSSR count). The fourth-order valence-corrected chi connectivity index (χ4v) is 1.91. The molecule has 94 valence electrons. The lowest BCUT2D eigenvalue weighted by atomic mass is 10.2. The number of hydrogen-bond acceptors (Lipinski definition) is 3. The van der Waals surface area contributed by atoms with Gasteiger partial charge < -0.3 is 5.32 Å². The van der Waals surface area contributed by atoms with Gasteiger partial charge in [0.05, 0.1) is 10.9 Å². The van der Waals surface area contributed by atoms with Crippen molar-refractivity contribution in [3.8, 4) is 0 Å². The van der Waals surface area contributed by atoms with Crippen molar-refractivity contribution in [1.29, 1.82) is 0 Å². The summed E-state index contributed by atoms with van der Waals surface area (Å²) in [6.45, 7) is 2.22. The van der Waals surface area contributed by atoms with E-state index in [-0.39, 0.29) is 5.69 Å². The molecule has 0 spiro atoms. The number of aromatic nitrogens is 2. The van der Waals surface area contributed by atoms with E-state index in [1.165, 1.54) is 4.68 Å². The van der Waals surface area contributed by atoms with Crippen molar-refractivity contribution in [3.63, 3.8) is 0 Å². The van der Waals surface area contributed by atoms with Gasteiger partial charge in [0.15, 0.2) is 5.69 Å². The Bertz CT molecular complexity index is 679. The largest absolute Gasteiger partial charge is 0.351 e. The first-order valence-corrected chi connectivity index (χ1v) is 5.87. The number of aryl methyl sites for hydroxylation is 1. The van der Waals surface area contributed by atoms with Gasteiger partial charge in [0, 0.05) is 18.6 Å². The van der Waals surface area contributed by atoms with E-state index in [9.17, 15) is 9.59 Å². The number of hydrogen-bond donors (Lipinski definition) is 1. The molecule has 1 aromatic heterocycles. The fraction of sp³-hybridized carbons (Fsp3) is 0.250. The normalized spacial score (nSPS) is 10.6. The fourth-order valence-electron chi connectivity index (χ4n) is 1.74. The summed E-state index contributed by atoms with van der Waals surface area (Å²) < 4.78 is 1.50. The lowest BCUT2D eigenvalue weighted by molar-refractivity contribution is 0.0948. The Morgan fingerprint density at radius 1 is 1.50 bits per heavy atom. The minimum absolute atomic E-state index is 0.117. The van der Waals surface area contributed by atoms with Crippen molar-refractivity contribution >= 4 is 28.4 Å². The van der Waals surface area contributed by atoms with Crippen molar-refractivity contribution in [1.82, 2.24) is 15.1 Å². The molecule has 18 heavy (non-hydrogen) atoms. The van der Waals surface area contributed by atoms with Gasteiger partial charge in [0.1, 0.15) is 0 Å². The standard InChI is InChI=1S/C12H12ClN3O2/c1-3-14-12(18)10-11(17)8-6-7(13)4-5-9(8)16(2)15-10/h4-6H,3H2,1-2H3,(H,14,18). The summed E-state index contributed by atoms with van der Waals surface area (Å²) in [6.07, 6.45) is 0. The third-order valence-corrected chi connectivity index (χ3v) is 2.80. The van der Waals surface area contributed by atoms with Crippen molar-refractivity contribution in [2.75, 3.05) is 6.54 Å². The van der Waals surface area contributed by atoms with Gasteiger partial charge in [-0.3, -0.25) is 14.3 Å². The average Bonchev–Trinajstić information content (AvgIpc) is 2.33. The molecule has 0 fully saturated rings. The molecule has 1 amide bonds. The van der Waals surface area contributed by atoms with E-state index in [0.717, 1.165) is 0 Å². The van der Waals surface area contributed by atoms with Gasteiger partial charge in [-0.1, -0.05) is 11.6 Å². The van der Waals surface area contributed by atoms with Gasteiger partial charge in [-0.15, -0.1) is 0 Å². The number of amides is 1.